The quantitative estimate of drug-likeness (QED) is 0.332. The smallest absolute Gasteiger partial charge is 0.218 e. The number of nitrogens with zero attached hydrogens (tertiary/aromatic N) is 1. The summed E-state index contributed by atoms with van der Waals surface area (Å²) < 4.78 is 12.3. The number of fused-ring (bicyclic) bond motifs is 5. The maximum Gasteiger partial charge on any atom is 0.218 e. The predicted octanol–water partition coefficient (Wildman–Crippen LogP) is 5.94. The van der Waals surface area contributed by atoms with Crippen molar-refractivity contribution in [3.8, 4) is 0 Å². The average Bonchev–Trinajstić information content (AvgIpc) is 2.84. The van der Waals surface area contributed by atoms with E-state index in [0.29, 0.717) is 33.6 Å². The number of nitrogens with one attached hydrogen (secondary N) is 2. The SMILES string of the molecule is Cc1ccc2oc(=N)c3c(c2c1)Nc1oc2ccc(C)cc2c(=O)c1C3c1ccc(N(C)C)cc1. The van der Waals surface area contributed by atoms with E-state index in [4.69, 9.17) is 14.2 Å². The van der Waals surface area contributed by atoms with Crippen molar-refractivity contribution >= 4 is 39.2 Å². The summed E-state index contributed by atoms with van der Waals surface area (Å²) in [6.07, 6.45) is 0. The molecule has 6 rings (SSSR count). The molecular formula is C29H25N3O3. The third kappa shape index (κ3) is 3.25. The Labute approximate surface area is 201 Å². The molecular weight excluding hydrogens is 438 g/mol. The van der Waals surface area contributed by atoms with Crippen LogP contribution in [0.5, 0.6) is 0 Å². The van der Waals surface area contributed by atoms with Gasteiger partial charge in [-0.2, -0.15) is 0 Å². The van der Waals surface area contributed by atoms with Crippen LogP contribution in [0.3, 0.4) is 0 Å². The molecule has 3 heterocycles. The van der Waals surface area contributed by atoms with E-state index in [1.165, 1.54) is 0 Å². The van der Waals surface area contributed by atoms with Gasteiger partial charge in [0.25, 0.3) is 0 Å². The van der Waals surface area contributed by atoms with Gasteiger partial charge in [0.15, 0.2) is 5.43 Å². The molecule has 2 N–H and O–H groups in total. The van der Waals surface area contributed by atoms with Crippen LogP contribution >= 0.6 is 0 Å². The van der Waals surface area contributed by atoms with Gasteiger partial charge in [-0.05, 0) is 55.8 Å². The van der Waals surface area contributed by atoms with Crippen molar-refractivity contribution in [2.75, 3.05) is 24.3 Å². The van der Waals surface area contributed by atoms with E-state index < -0.39 is 5.92 Å². The largest absolute Gasteiger partial charge is 0.440 e. The van der Waals surface area contributed by atoms with Crippen molar-refractivity contribution in [1.82, 2.24) is 0 Å². The molecule has 1 unspecified atom stereocenters. The molecule has 2 aromatic heterocycles. The van der Waals surface area contributed by atoms with Gasteiger partial charge in [-0.25, -0.2) is 0 Å². The van der Waals surface area contributed by atoms with E-state index in [-0.39, 0.29) is 11.0 Å². The Bertz CT molecular complexity index is 1760. The van der Waals surface area contributed by atoms with E-state index in [1.807, 2.05) is 93.5 Å². The van der Waals surface area contributed by atoms with E-state index in [9.17, 15) is 4.79 Å². The van der Waals surface area contributed by atoms with Crippen molar-refractivity contribution in [3.05, 3.63) is 104 Å². The highest BCUT2D eigenvalue weighted by Crippen LogP contribution is 2.45. The number of rotatable bonds is 2. The first-order valence-electron chi connectivity index (χ1n) is 11.6. The van der Waals surface area contributed by atoms with Gasteiger partial charge in [-0.15, -0.1) is 0 Å². The molecule has 0 fully saturated rings. The Morgan fingerprint density at radius 3 is 2.11 bits per heavy atom. The lowest BCUT2D eigenvalue weighted by Crippen LogP contribution is -2.28. The van der Waals surface area contributed by atoms with Crippen molar-refractivity contribution in [1.29, 1.82) is 5.41 Å². The van der Waals surface area contributed by atoms with Gasteiger partial charge >= 0.3 is 0 Å². The fraction of sp³-hybridized carbons (Fsp3) is 0.172. The third-order valence-corrected chi connectivity index (χ3v) is 6.77. The Hall–Kier alpha value is -4.32. The summed E-state index contributed by atoms with van der Waals surface area (Å²) >= 11 is 0. The van der Waals surface area contributed by atoms with Gasteiger partial charge in [-0.1, -0.05) is 35.4 Å². The molecule has 0 spiro atoms. The van der Waals surface area contributed by atoms with Gasteiger partial charge in [0.05, 0.1) is 28.1 Å². The summed E-state index contributed by atoms with van der Waals surface area (Å²) in [5, 5.41) is 13.6. The predicted molar refractivity (Wildman–Crippen MR) is 139 cm³/mol. The number of aryl methyl sites for hydroxylation is 2. The summed E-state index contributed by atoms with van der Waals surface area (Å²) in [6.45, 7) is 3.98. The first-order valence-corrected chi connectivity index (χ1v) is 11.6. The van der Waals surface area contributed by atoms with Gasteiger partial charge in [-0.3, -0.25) is 10.2 Å². The zero-order chi connectivity index (χ0) is 24.4. The molecule has 0 saturated heterocycles. The second-order valence-electron chi connectivity index (χ2n) is 9.44. The normalized spacial score (nSPS) is 14.5. The van der Waals surface area contributed by atoms with Crippen LogP contribution in [-0.2, 0) is 0 Å². The zero-order valence-electron chi connectivity index (χ0n) is 20.0. The molecule has 5 aromatic rings. The van der Waals surface area contributed by atoms with Crippen LogP contribution in [0.2, 0.25) is 0 Å². The zero-order valence-corrected chi connectivity index (χ0v) is 20.0. The lowest BCUT2D eigenvalue weighted by molar-refractivity contribution is 0.518. The summed E-state index contributed by atoms with van der Waals surface area (Å²) in [5.74, 6) is -0.103. The van der Waals surface area contributed by atoms with Crippen LogP contribution in [0.1, 0.15) is 33.7 Å². The molecule has 6 heteroatoms. The van der Waals surface area contributed by atoms with E-state index in [2.05, 4.69) is 5.32 Å². The molecule has 0 amide bonds. The summed E-state index contributed by atoms with van der Waals surface area (Å²) in [7, 11) is 3.98. The van der Waals surface area contributed by atoms with Crippen LogP contribution in [0.15, 0.2) is 74.3 Å². The number of benzene rings is 3. The topological polar surface area (TPSA) is 82.5 Å². The number of hydrogen-bond acceptors (Lipinski definition) is 6. The Kier molecular flexibility index (Phi) is 4.61. The molecule has 6 nitrogen and oxygen atoms in total. The molecule has 174 valence electrons. The molecule has 35 heavy (non-hydrogen) atoms. The molecule has 1 atom stereocenters. The van der Waals surface area contributed by atoms with Crippen LogP contribution < -0.4 is 21.2 Å². The highest BCUT2D eigenvalue weighted by Gasteiger charge is 2.35. The van der Waals surface area contributed by atoms with Gasteiger partial charge in [0.1, 0.15) is 11.2 Å². The lowest BCUT2D eigenvalue weighted by Gasteiger charge is -2.29. The maximum atomic E-state index is 13.9. The molecule has 1 aliphatic rings. The Morgan fingerprint density at radius 1 is 0.829 bits per heavy atom. The van der Waals surface area contributed by atoms with Crippen LogP contribution in [0.25, 0.3) is 21.9 Å². The van der Waals surface area contributed by atoms with Crippen molar-refractivity contribution in [3.63, 3.8) is 0 Å². The lowest BCUT2D eigenvalue weighted by atomic mass is 9.81. The van der Waals surface area contributed by atoms with Crippen LogP contribution in [0.4, 0.5) is 17.3 Å². The second kappa shape index (κ2) is 7.60. The van der Waals surface area contributed by atoms with E-state index >= 15 is 0 Å². The Morgan fingerprint density at radius 2 is 1.46 bits per heavy atom. The number of anilines is 3. The van der Waals surface area contributed by atoms with Crippen molar-refractivity contribution in [2.24, 2.45) is 0 Å². The molecule has 1 aliphatic heterocycles. The van der Waals surface area contributed by atoms with Gasteiger partial charge < -0.3 is 19.1 Å². The summed E-state index contributed by atoms with van der Waals surface area (Å²) in [4.78, 5) is 16.0. The Balaban J connectivity index is 1.72. The first-order chi connectivity index (χ1) is 16.8. The average molecular weight is 464 g/mol. The maximum absolute atomic E-state index is 13.9. The monoisotopic (exact) mass is 463 g/mol. The third-order valence-electron chi connectivity index (χ3n) is 6.77. The minimum atomic E-state index is -0.514. The van der Waals surface area contributed by atoms with Crippen LogP contribution in [-0.4, -0.2) is 14.1 Å². The van der Waals surface area contributed by atoms with Gasteiger partial charge in [0, 0.05) is 25.2 Å². The summed E-state index contributed by atoms with van der Waals surface area (Å²) in [6, 6.07) is 19.6. The highest BCUT2D eigenvalue weighted by atomic mass is 16.4. The summed E-state index contributed by atoms with van der Waals surface area (Å²) in [5.41, 5.74) is 6.93. The van der Waals surface area contributed by atoms with E-state index in [1.54, 1.807) is 0 Å². The van der Waals surface area contributed by atoms with Crippen molar-refractivity contribution in [2.45, 2.75) is 19.8 Å². The van der Waals surface area contributed by atoms with E-state index in [0.717, 1.165) is 33.5 Å². The highest BCUT2D eigenvalue weighted by molar-refractivity contribution is 5.96. The minimum absolute atomic E-state index is 0.0277. The molecule has 0 bridgehead atoms. The minimum Gasteiger partial charge on any atom is -0.440 e. The molecule has 0 aliphatic carbocycles. The molecule has 0 saturated carbocycles. The van der Waals surface area contributed by atoms with Gasteiger partial charge in [0.2, 0.25) is 11.4 Å². The fourth-order valence-electron chi connectivity index (χ4n) is 5.00. The first kappa shape index (κ1) is 21.2. The number of hydrogen-bond donors (Lipinski definition) is 2. The fourth-order valence-corrected chi connectivity index (χ4v) is 5.00. The van der Waals surface area contributed by atoms with Crippen LogP contribution in [0, 0.1) is 19.3 Å². The second-order valence-corrected chi connectivity index (χ2v) is 9.44. The standard InChI is InChI=1S/C29H25N3O3/c1-15-5-11-21-19(13-15)26-24(28(30)34-21)23(17-7-9-18(10-8-17)32(3)4)25-27(33)20-14-16(2)6-12-22(20)35-29(25)31-26/h5-14,23,30-31H,1-4H3. The molecule has 3 aromatic carbocycles. The van der Waals surface area contributed by atoms with Crippen molar-refractivity contribution < 1.29 is 8.83 Å². The molecule has 0 radical (unpaired) electrons.